The summed E-state index contributed by atoms with van der Waals surface area (Å²) in [6.45, 7) is 3.95. The molecule has 4 rings (SSSR count). The molecule has 34 heavy (non-hydrogen) atoms. The molecule has 0 N–H and O–H groups in total. The predicted molar refractivity (Wildman–Crippen MR) is 126 cm³/mol. The quantitative estimate of drug-likeness (QED) is 0.360. The van der Waals surface area contributed by atoms with Crippen LogP contribution in [0, 0.1) is 29.5 Å². The number of rotatable bonds is 7. The molecule has 0 bridgehead atoms. The molecule has 1 unspecified atom stereocenters. The molecule has 1 heterocycles. The molecule has 2 fully saturated rings. The van der Waals surface area contributed by atoms with E-state index in [-0.39, 0.29) is 18.5 Å². The summed E-state index contributed by atoms with van der Waals surface area (Å²) >= 11 is 0. The lowest BCUT2D eigenvalue weighted by molar-refractivity contribution is -0.141. The van der Waals surface area contributed by atoms with Crippen molar-refractivity contribution in [2.24, 2.45) is 23.7 Å². The van der Waals surface area contributed by atoms with Crippen LogP contribution in [0.5, 0.6) is 11.5 Å². The van der Waals surface area contributed by atoms with E-state index < -0.39 is 23.3 Å². The molecule has 1 aromatic carbocycles. The standard InChI is InChI=1S/C28H40F4O2/c1-3-18-5-10-20(11-6-18)21-12-7-19(8-13-21)9-15-23-16-14-22-17-24(33-4-2)25(28(30,31)32)26(29)27(22)34-23/h17-21,23H,3-16H2,1-2H3. The lowest BCUT2D eigenvalue weighted by Crippen LogP contribution is -2.28. The van der Waals surface area contributed by atoms with E-state index in [0.717, 1.165) is 30.6 Å². The maximum Gasteiger partial charge on any atom is 0.422 e. The normalized spacial score (nSPS) is 29.9. The van der Waals surface area contributed by atoms with Gasteiger partial charge in [0.1, 0.15) is 11.3 Å². The minimum atomic E-state index is -4.83. The second-order valence-electron chi connectivity index (χ2n) is 10.8. The molecule has 6 heteroatoms. The third kappa shape index (κ3) is 5.84. The van der Waals surface area contributed by atoms with Crippen LogP contribution >= 0.6 is 0 Å². The van der Waals surface area contributed by atoms with Gasteiger partial charge in [-0.3, -0.25) is 0 Å². The summed E-state index contributed by atoms with van der Waals surface area (Å²) < 4.78 is 66.4. The molecule has 0 amide bonds. The zero-order valence-corrected chi connectivity index (χ0v) is 20.7. The van der Waals surface area contributed by atoms with E-state index in [1.54, 1.807) is 6.92 Å². The van der Waals surface area contributed by atoms with Crippen molar-refractivity contribution in [3.05, 3.63) is 23.0 Å². The molecule has 0 saturated heterocycles. The minimum Gasteiger partial charge on any atom is -0.493 e. The minimum absolute atomic E-state index is 0.0487. The van der Waals surface area contributed by atoms with E-state index in [1.807, 2.05) is 0 Å². The van der Waals surface area contributed by atoms with Crippen LogP contribution in [-0.2, 0) is 12.6 Å². The highest BCUT2D eigenvalue weighted by Crippen LogP contribution is 2.46. The Hall–Kier alpha value is -1.46. The Morgan fingerprint density at radius 2 is 1.50 bits per heavy atom. The van der Waals surface area contributed by atoms with Crippen LogP contribution in [0.25, 0.3) is 0 Å². The summed E-state index contributed by atoms with van der Waals surface area (Å²) in [6.07, 6.45) is 10.0. The first kappa shape index (κ1) is 25.6. The van der Waals surface area contributed by atoms with Gasteiger partial charge in [0.15, 0.2) is 11.6 Å². The van der Waals surface area contributed by atoms with Gasteiger partial charge in [-0.25, -0.2) is 4.39 Å². The van der Waals surface area contributed by atoms with E-state index in [2.05, 4.69) is 6.92 Å². The van der Waals surface area contributed by atoms with Crippen LogP contribution in [0.2, 0.25) is 0 Å². The Morgan fingerprint density at radius 1 is 0.882 bits per heavy atom. The molecule has 0 aromatic heterocycles. The van der Waals surface area contributed by atoms with Gasteiger partial charge < -0.3 is 9.47 Å². The van der Waals surface area contributed by atoms with Crippen molar-refractivity contribution in [3.63, 3.8) is 0 Å². The second kappa shape index (κ2) is 11.1. The number of hydrogen-bond donors (Lipinski definition) is 0. The molecular formula is C28H40F4O2. The Balaban J connectivity index is 1.30. The molecule has 2 aliphatic carbocycles. The monoisotopic (exact) mass is 484 g/mol. The molecule has 2 nitrogen and oxygen atoms in total. The average Bonchev–Trinajstić information content (AvgIpc) is 2.83. The number of alkyl halides is 3. The zero-order chi connectivity index (χ0) is 24.3. The van der Waals surface area contributed by atoms with Gasteiger partial charge in [-0.15, -0.1) is 0 Å². The number of aryl methyl sites for hydroxylation is 1. The summed E-state index contributed by atoms with van der Waals surface area (Å²) in [6, 6.07) is 1.32. The van der Waals surface area contributed by atoms with Gasteiger partial charge >= 0.3 is 6.18 Å². The molecule has 192 valence electrons. The Bertz CT molecular complexity index is 806. The molecule has 1 aliphatic heterocycles. The van der Waals surface area contributed by atoms with Crippen molar-refractivity contribution >= 4 is 0 Å². The molecule has 1 atom stereocenters. The van der Waals surface area contributed by atoms with Crippen molar-refractivity contribution in [2.75, 3.05) is 6.61 Å². The van der Waals surface area contributed by atoms with E-state index in [9.17, 15) is 17.6 Å². The first-order valence-electron chi connectivity index (χ1n) is 13.5. The fourth-order valence-electron chi connectivity index (χ4n) is 6.69. The third-order valence-corrected chi connectivity index (χ3v) is 8.79. The van der Waals surface area contributed by atoms with Crippen molar-refractivity contribution in [1.82, 2.24) is 0 Å². The number of fused-ring (bicyclic) bond motifs is 1. The van der Waals surface area contributed by atoms with E-state index in [0.29, 0.717) is 24.3 Å². The maximum absolute atomic E-state index is 14.9. The van der Waals surface area contributed by atoms with Gasteiger partial charge in [-0.1, -0.05) is 39.0 Å². The van der Waals surface area contributed by atoms with Crippen LogP contribution in [0.4, 0.5) is 17.6 Å². The first-order chi connectivity index (χ1) is 16.3. The van der Waals surface area contributed by atoms with Gasteiger partial charge in [0.05, 0.1) is 12.7 Å². The van der Waals surface area contributed by atoms with Gasteiger partial charge in [0.2, 0.25) is 0 Å². The van der Waals surface area contributed by atoms with E-state index in [1.165, 1.54) is 63.9 Å². The maximum atomic E-state index is 14.9. The summed E-state index contributed by atoms with van der Waals surface area (Å²) in [5.41, 5.74) is -0.872. The highest BCUT2D eigenvalue weighted by Gasteiger charge is 2.41. The number of benzene rings is 1. The highest BCUT2D eigenvalue weighted by molar-refractivity contribution is 5.50. The largest absolute Gasteiger partial charge is 0.493 e. The zero-order valence-electron chi connectivity index (χ0n) is 20.7. The van der Waals surface area contributed by atoms with Gasteiger partial charge in [0, 0.05) is 5.56 Å². The van der Waals surface area contributed by atoms with Crippen molar-refractivity contribution in [3.8, 4) is 11.5 Å². The van der Waals surface area contributed by atoms with Gasteiger partial charge in [-0.2, -0.15) is 13.2 Å². The fourth-order valence-corrected chi connectivity index (χ4v) is 6.69. The van der Waals surface area contributed by atoms with Crippen molar-refractivity contribution < 1.29 is 27.0 Å². The van der Waals surface area contributed by atoms with E-state index >= 15 is 0 Å². The molecule has 1 aromatic rings. The van der Waals surface area contributed by atoms with E-state index in [4.69, 9.17) is 9.47 Å². The topological polar surface area (TPSA) is 18.5 Å². The Morgan fingerprint density at radius 3 is 2.06 bits per heavy atom. The van der Waals surface area contributed by atoms with Crippen LogP contribution in [0.15, 0.2) is 6.07 Å². The summed E-state index contributed by atoms with van der Waals surface area (Å²) in [5, 5.41) is 0. The summed E-state index contributed by atoms with van der Waals surface area (Å²) in [7, 11) is 0. The second-order valence-corrected chi connectivity index (χ2v) is 10.8. The molecule has 0 spiro atoms. The number of ether oxygens (including phenoxy) is 2. The molecule has 3 aliphatic rings. The summed E-state index contributed by atoms with van der Waals surface area (Å²) in [4.78, 5) is 0. The fraction of sp³-hybridized carbons (Fsp3) is 0.786. The average molecular weight is 485 g/mol. The molecule has 0 radical (unpaired) electrons. The van der Waals surface area contributed by atoms with Crippen molar-refractivity contribution in [2.45, 2.75) is 110 Å². The van der Waals surface area contributed by atoms with Crippen LogP contribution in [-0.4, -0.2) is 12.7 Å². The van der Waals surface area contributed by atoms with Crippen LogP contribution in [0.3, 0.4) is 0 Å². The van der Waals surface area contributed by atoms with Crippen molar-refractivity contribution in [1.29, 1.82) is 0 Å². The lowest BCUT2D eigenvalue weighted by atomic mass is 9.68. The van der Waals surface area contributed by atoms with Gasteiger partial charge in [0.25, 0.3) is 0 Å². The van der Waals surface area contributed by atoms with Crippen LogP contribution < -0.4 is 9.47 Å². The highest BCUT2D eigenvalue weighted by atomic mass is 19.4. The SMILES string of the molecule is CCOc1cc2c(c(F)c1C(F)(F)F)OC(CCC1CCC(C3CCC(CC)CC3)CC1)CC2. The Kier molecular flexibility index (Phi) is 8.35. The Labute approximate surface area is 201 Å². The number of hydrogen-bond acceptors (Lipinski definition) is 2. The summed E-state index contributed by atoms with van der Waals surface area (Å²) in [5.74, 6) is 1.40. The molecular weight excluding hydrogens is 444 g/mol. The predicted octanol–water partition coefficient (Wildman–Crippen LogP) is 8.74. The van der Waals surface area contributed by atoms with Gasteiger partial charge in [-0.05, 0) is 88.0 Å². The number of halogens is 4. The van der Waals surface area contributed by atoms with Crippen LogP contribution in [0.1, 0.15) is 102 Å². The lowest BCUT2D eigenvalue weighted by Gasteiger charge is -2.38. The first-order valence-corrected chi connectivity index (χ1v) is 13.5. The third-order valence-electron chi connectivity index (χ3n) is 8.79. The molecule has 2 saturated carbocycles. The smallest absolute Gasteiger partial charge is 0.422 e.